The van der Waals surface area contributed by atoms with E-state index in [1.54, 1.807) is 0 Å². The number of carbonyl (C=O) groups is 1. The van der Waals surface area contributed by atoms with Crippen molar-refractivity contribution in [1.82, 2.24) is 10.2 Å². The first kappa shape index (κ1) is 17.8. The van der Waals surface area contributed by atoms with Crippen LogP contribution in [0.5, 0.6) is 0 Å². The van der Waals surface area contributed by atoms with Gasteiger partial charge < -0.3 is 10.2 Å². The zero-order valence-electron chi connectivity index (χ0n) is 14.0. The number of likely N-dealkylation sites (tertiary alicyclic amines) is 1. The Bertz CT molecular complexity index is 592. The molecule has 0 aromatic carbocycles. The van der Waals surface area contributed by atoms with Crippen LogP contribution in [0.1, 0.15) is 40.5 Å². The van der Waals surface area contributed by atoms with Gasteiger partial charge in [0.1, 0.15) is 6.07 Å². The fraction of sp³-hybridized carbons (Fsp3) is 0.444. The molecule has 1 amide bonds. The summed E-state index contributed by atoms with van der Waals surface area (Å²) in [4.78, 5) is 14.2. The van der Waals surface area contributed by atoms with Crippen molar-refractivity contribution < 1.29 is 4.79 Å². The topological polar surface area (TPSA) is 56.1 Å². The minimum absolute atomic E-state index is 0.301. The third-order valence-corrected chi connectivity index (χ3v) is 4.05. The summed E-state index contributed by atoms with van der Waals surface area (Å²) < 4.78 is 0. The van der Waals surface area contributed by atoms with Crippen LogP contribution in [-0.2, 0) is 4.79 Å². The van der Waals surface area contributed by atoms with Crippen LogP contribution in [-0.4, -0.2) is 22.9 Å². The molecule has 0 aliphatic carbocycles. The number of amides is 1. The fourth-order valence-corrected chi connectivity index (χ4v) is 2.84. The van der Waals surface area contributed by atoms with Gasteiger partial charge in [0.25, 0.3) is 5.91 Å². The number of rotatable bonds is 1. The quantitative estimate of drug-likeness (QED) is 0.807. The van der Waals surface area contributed by atoms with Gasteiger partial charge in [0, 0.05) is 17.9 Å². The van der Waals surface area contributed by atoms with Crippen molar-refractivity contribution in [1.29, 1.82) is 5.26 Å². The van der Waals surface area contributed by atoms with Crippen LogP contribution in [0, 0.1) is 11.3 Å². The third kappa shape index (κ3) is 2.71. The molecule has 22 heavy (non-hydrogen) atoms. The first-order valence-corrected chi connectivity index (χ1v) is 7.69. The molecule has 0 saturated carbocycles. The lowest BCUT2D eigenvalue weighted by atomic mass is 9.87. The Morgan fingerprint density at radius 1 is 1.32 bits per heavy atom. The minimum Gasteiger partial charge on any atom is -0.341 e. The molecule has 118 valence electrons. The summed E-state index contributed by atoms with van der Waals surface area (Å²) in [5.41, 5.74) is 2.34. The summed E-state index contributed by atoms with van der Waals surface area (Å²) in [7, 11) is 0. The number of allylic oxidation sites excluding steroid dienone is 4. The Morgan fingerprint density at radius 3 is 2.36 bits per heavy atom. The summed E-state index contributed by atoms with van der Waals surface area (Å²) in [5, 5.41) is 12.3. The fourth-order valence-electron chi connectivity index (χ4n) is 2.84. The van der Waals surface area contributed by atoms with Crippen LogP contribution >= 0.6 is 0 Å². The summed E-state index contributed by atoms with van der Waals surface area (Å²) in [6, 6.07) is 2.21. The zero-order chi connectivity index (χ0) is 16.9. The lowest BCUT2D eigenvalue weighted by Gasteiger charge is -2.39. The van der Waals surface area contributed by atoms with Gasteiger partial charge in [-0.3, -0.25) is 4.79 Å². The van der Waals surface area contributed by atoms with Gasteiger partial charge in [0.05, 0.1) is 0 Å². The summed E-state index contributed by atoms with van der Waals surface area (Å²) in [6.45, 7) is 16.3. The largest absolute Gasteiger partial charge is 0.341 e. The summed E-state index contributed by atoms with van der Waals surface area (Å²) in [5.74, 6) is -0.301. The first-order valence-electron chi connectivity index (χ1n) is 7.69. The number of nitrogens with one attached hydrogen (secondary N) is 1. The third-order valence-electron chi connectivity index (χ3n) is 4.05. The number of piperidine rings is 1. The van der Waals surface area contributed by atoms with E-state index in [1.807, 2.05) is 44.7 Å². The number of nitriles is 1. The van der Waals surface area contributed by atoms with Crippen LogP contribution in [0.4, 0.5) is 0 Å². The van der Waals surface area contributed by atoms with E-state index in [0.717, 1.165) is 16.8 Å². The highest BCUT2D eigenvalue weighted by Gasteiger charge is 2.50. The summed E-state index contributed by atoms with van der Waals surface area (Å²) >= 11 is 0. The molecule has 0 aromatic heterocycles. The van der Waals surface area contributed by atoms with Crippen molar-refractivity contribution in [2.75, 3.05) is 6.54 Å². The second-order valence-corrected chi connectivity index (χ2v) is 5.08. The van der Waals surface area contributed by atoms with Gasteiger partial charge in [0.2, 0.25) is 5.54 Å². The second-order valence-electron chi connectivity index (χ2n) is 5.08. The average molecular weight is 299 g/mol. The molecule has 1 N–H and O–H groups in total. The molecule has 2 aliphatic heterocycles. The standard InChI is InChI=1S/C16H19N3O.C2H6/c1-5-13-9-19(12(4)14(13)6-2)16(10-17)8-7-11(3)18-15(16)20;1-2/h5-6H,3-4,7-9H2,1-2H3,(H,18,20);1-2H3/b13-5-,14-6-;. The highest BCUT2D eigenvalue weighted by molar-refractivity contribution is 5.92. The second kappa shape index (κ2) is 7.13. The van der Waals surface area contributed by atoms with Gasteiger partial charge in [0.15, 0.2) is 0 Å². The number of nitrogens with zero attached hydrogens (tertiary/aromatic N) is 2. The van der Waals surface area contributed by atoms with E-state index in [2.05, 4.69) is 24.5 Å². The van der Waals surface area contributed by atoms with E-state index < -0.39 is 5.54 Å². The summed E-state index contributed by atoms with van der Waals surface area (Å²) in [6.07, 6.45) is 5.04. The molecule has 0 spiro atoms. The van der Waals surface area contributed by atoms with Crippen molar-refractivity contribution in [3.63, 3.8) is 0 Å². The lowest BCUT2D eigenvalue weighted by Crippen LogP contribution is -2.58. The van der Waals surface area contributed by atoms with E-state index in [-0.39, 0.29) is 5.91 Å². The maximum atomic E-state index is 12.4. The van der Waals surface area contributed by atoms with Crippen molar-refractivity contribution in [3.8, 4) is 6.07 Å². The highest BCUT2D eigenvalue weighted by atomic mass is 16.2. The van der Waals surface area contributed by atoms with E-state index in [4.69, 9.17) is 0 Å². The molecule has 2 heterocycles. The highest BCUT2D eigenvalue weighted by Crippen LogP contribution is 2.39. The molecule has 2 aliphatic rings. The molecule has 1 unspecified atom stereocenters. The monoisotopic (exact) mass is 299 g/mol. The molecular formula is C18H25N3O. The average Bonchev–Trinajstić information content (AvgIpc) is 2.86. The van der Waals surface area contributed by atoms with Crippen molar-refractivity contribution in [2.24, 2.45) is 0 Å². The molecule has 4 heteroatoms. The van der Waals surface area contributed by atoms with Gasteiger partial charge in [-0.15, -0.1) is 0 Å². The lowest BCUT2D eigenvalue weighted by molar-refractivity contribution is -0.129. The van der Waals surface area contributed by atoms with E-state index in [9.17, 15) is 10.1 Å². The van der Waals surface area contributed by atoms with E-state index in [0.29, 0.717) is 25.1 Å². The first-order chi connectivity index (χ1) is 10.5. The minimum atomic E-state index is -1.18. The molecule has 4 nitrogen and oxygen atoms in total. The molecule has 0 bridgehead atoms. The van der Waals surface area contributed by atoms with Crippen molar-refractivity contribution >= 4 is 5.91 Å². The smallest absolute Gasteiger partial charge is 0.264 e. The van der Waals surface area contributed by atoms with Gasteiger partial charge in [-0.2, -0.15) is 5.26 Å². The van der Waals surface area contributed by atoms with E-state index in [1.165, 1.54) is 0 Å². The van der Waals surface area contributed by atoms with Gasteiger partial charge in [-0.25, -0.2) is 0 Å². The number of hydrogen-bond acceptors (Lipinski definition) is 3. The van der Waals surface area contributed by atoms with Crippen molar-refractivity contribution in [3.05, 3.63) is 47.9 Å². The van der Waals surface area contributed by atoms with Crippen LogP contribution in [0.2, 0.25) is 0 Å². The molecular weight excluding hydrogens is 274 g/mol. The molecule has 0 radical (unpaired) electrons. The van der Waals surface area contributed by atoms with Crippen molar-refractivity contribution in [2.45, 2.75) is 46.1 Å². The number of hydrogen-bond donors (Lipinski definition) is 1. The Balaban J connectivity index is 0.00000116. The molecule has 2 saturated heterocycles. The van der Waals surface area contributed by atoms with Gasteiger partial charge in [-0.1, -0.05) is 39.2 Å². The van der Waals surface area contributed by atoms with Gasteiger partial charge in [-0.05, 0) is 37.8 Å². The van der Waals surface area contributed by atoms with Crippen LogP contribution in [0.15, 0.2) is 47.9 Å². The van der Waals surface area contributed by atoms with Gasteiger partial charge >= 0.3 is 0 Å². The molecule has 1 atom stereocenters. The maximum Gasteiger partial charge on any atom is 0.264 e. The predicted octanol–water partition coefficient (Wildman–Crippen LogP) is 3.42. The Kier molecular flexibility index (Phi) is 5.76. The van der Waals surface area contributed by atoms with Crippen LogP contribution in [0.3, 0.4) is 0 Å². The van der Waals surface area contributed by atoms with Crippen LogP contribution in [0.25, 0.3) is 0 Å². The Morgan fingerprint density at radius 2 is 1.95 bits per heavy atom. The maximum absolute atomic E-state index is 12.4. The SMILES string of the molecule is C=C1CCC(C#N)(N2CC(=C/C)/C(=C\C)C2=C)C(=O)N1.CC. The van der Waals surface area contributed by atoms with E-state index >= 15 is 0 Å². The normalized spacial score (nSPS) is 28.3. The Labute approximate surface area is 133 Å². The molecule has 2 rings (SSSR count). The zero-order valence-corrected chi connectivity index (χ0v) is 14.0. The Hall–Kier alpha value is -2.28. The molecule has 0 aromatic rings. The van der Waals surface area contributed by atoms with Crippen LogP contribution < -0.4 is 5.32 Å². The number of carbonyl (C=O) groups excluding carboxylic acids is 1. The predicted molar refractivity (Wildman–Crippen MR) is 89.6 cm³/mol. The molecule has 2 fully saturated rings.